The molecule has 0 bridgehead atoms. The normalized spacial score (nSPS) is 11.4. The standard InChI is InChI=1S/C13H13FN2O4S/c1-8-7-10(14)3-4-12(8)21(18,19)16-15-13(17)11-5-6-20-9(11)2/h3-7,16H,1-2H3,(H,15,17). The van der Waals surface area contributed by atoms with Crippen LogP contribution in [-0.4, -0.2) is 14.3 Å². The molecule has 1 amide bonds. The van der Waals surface area contributed by atoms with Gasteiger partial charge in [0.1, 0.15) is 11.6 Å². The molecular formula is C13H13FN2O4S. The number of benzene rings is 1. The summed E-state index contributed by atoms with van der Waals surface area (Å²) in [7, 11) is -3.99. The van der Waals surface area contributed by atoms with Gasteiger partial charge in [-0.25, -0.2) is 12.8 Å². The third-order valence-electron chi connectivity index (χ3n) is 2.83. The second-order valence-corrected chi connectivity index (χ2v) is 6.01. The molecule has 21 heavy (non-hydrogen) atoms. The van der Waals surface area contributed by atoms with E-state index in [1.165, 1.54) is 19.3 Å². The topological polar surface area (TPSA) is 88.4 Å². The van der Waals surface area contributed by atoms with Gasteiger partial charge in [0.15, 0.2) is 0 Å². The Hall–Kier alpha value is -2.19. The van der Waals surface area contributed by atoms with Gasteiger partial charge >= 0.3 is 0 Å². The molecule has 0 fully saturated rings. The van der Waals surface area contributed by atoms with Crippen LogP contribution >= 0.6 is 0 Å². The second-order valence-electron chi connectivity index (χ2n) is 4.36. The first kappa shape index (κ1) is 15.2. The third-order valence-corrected chi connectivity index (χ3v) is 4.24. The van der Waals surface area contributed by atoms with Crippen molar-refractivity contribution in [2.24, 2.45) is 0 Å². The smallest absolute Gasteiger partial charge is 0.269 e. The zero-order chi connectivity index (χ0) is 15.6. The van der Waals surface area contributed by atoms with E-state index in [1.807, 2.05) is 4.83 Å². The van der Waals surface area contributed by atoms with Crippen molar-refractivity contribution < 1.29 is 22.0 Å². The summed E-state index contributed by atoms with van der Waals surface area (Å²) in [5.74, 6) is -0.821. The molecule has 112 valence electrons. The van der Waals surface area contributed by atoms with Gasteiger partial charge in [-0.1, -0.05) is 0 Å². The molecule has 2 rings (SSSR count). The van der Waals surface area contributed by atoms with Crippen molar-refractivity contribution in [1.82, 2.24) is 10.3 Å². The minimum Gasteiger partial charge on any atom is -0.469 e. The Balaban J connectivity index is 2.15. The maximum Gasteiger partial charge on any atom is 0.269 e. The molecule has 1 heterocycles. The Labute approximate surface area is 121 Å². The number of halogens is 1. The van der Waals surface area contributed by atoms with Crippen LogP contribution in [0.3, 0.4) is 0 Å². The van der Waals surface area contributed by atoms with E-state index in [2.05, 4.69) is 5.43 Å². The van der Waals surface area contributed by atoms with E-state index in [0.29, 0.717) is 5.76 Å². The average molecular weight is 312 g/mol. The molecule has 0 atom stereocenters. The van der Waals surface area contributed by atoms with Crippen molar-refractivity contribution >= 4 is 15.9 Å². The molecule has 2 N–H and O–H groups in total. The molecule has 0 aliphatic rings. The summed E-state index contributed by atoms with van der Waals surface area (Å²) in [5.41, 5.74) is 2.52. The van der Waals surface area contributed by atoms with E-state index in [1.54, 1.807) is 6.92 Å². The second kappa shape index (κ2) is 5.66. The van der Waals surface area contributed by atoms with E-state index < -0.39 is 21.7 Å². The number of furan rings is 1. The van der Waals surface area contributed by atoms with Crippen LogP contribution < -0.4 is 10.3 Å². The van der Waals surface area contributed by atoms with Crippen LogP contribution in [0.1, 0.15) is 21.7 Å². The first-order valence-electron chi connectivity index (χ1n) is 5.93. The minimum atomic E-state index is -3.99. The number of carbonyl (C=O) groups is 1. The Kier molecular flexibility index (Phi) is 4.10. The highest BCUT2D eigenvalue weighted by Crippen LogP contribution is 2.15. The summed E-state index contributed by atoms with van der Waals surface area (Å²) in [4.78, 5) is 13.6. The van der Waals surface area contributed by atoms with Gasteiger partial charge in [0, 0.05) is 0 Å². The van der Waals surface area contributed by atoms with Crippen molar-refractivity contribution in [1.29, 1.82) is 0 Å². The zero-order valence-corrected chi connectivity index (χ0v) is 12.1. The predicted octanol–water partition coefficient (Wildman–Crippen LogP) is 1.66. The van der Waals surface area contributed by atoms with Crippen LogP contribution in [0, 0.1) is 19.7 Å². The highest BCUT2D eigenvalue weighted by atomic mass is 32.2. The molecule has 0 radical (unpaired) electrons. The monoisotopic (exact) mass is 312 g/mol. The molecule has 1 aromatic carbocycles. The predicted molar refractivity (Wildman–Crippen MR) is 72.4 cm³/mol. The van der Waals surface area contributed by atoms with E-state index in [-0.39, 0.29) is 16.0 Å². The number of hydrogen-bond acceptors (Lipinski definition) is 4. The first-order valence-corrected chi connectivity index (χ1v) is 7.42. The lowest BCUT2D eigenvalue weighted by atomic mass is 10.2. The van der Waals surface area contributed by atoms with Crippen LogP contribution in [0.25, 0.3) is 0 Å². The number of aryl methyl sites for hydroxylation is 2. The molecule has 0 saturated carbocycles. The lowest BCUT2D eigenvalue weighted by Crippen LogP contribution is -2.41. The van der Waals surface area contributed by atoms with Crippen LogP contribution in [0.15, 0.2) is 39.8 Å². The van der Waals surface area contributed by atoms with Crippen molar-refractivity contribution in [3.05, 3.63) is 53.2 Å². The molecular weight excluding hydrogens is 299 g/mol. The van der Waals surface area contributed by atoms with Gasteiger partial charge in [0.2, 0.25) is 0 Å². The fraction of sp³-hybridized carbons (Fsp3) is 0.154. The maximum atomic E-state index is 13.0. The van der Waals surface area contributed by atoms with Crippen molar-refractivity contribution in [2.75, 3.05) is 0 Å². The number of carbonyl (C=O) groups excluding carboxylic acids is 1. The van der Waals surface area contributed by atoms with Crippen molar-refractivity contribution in [2.45, 2.75) is 18.7 Å². The van der Waals surface area contributed by atoms with Crippen LogP contribution in [-0.2, 0) is 10.0 Å². The summed E-state index contributed by atoms with van der Waals surface area (Å²) < 4.78 is 42.0. The molecule has 8 heteroatoms. The zero-order valence-electron chi connectivity index (χ0n) is 11.3. The molecule has 0 aliphatic heterocycles. The van der Waals surface area contributed by atoms with Gasteiger partial charge in [-0.15, -0.1) is 4.83 Å². The summed E-state index contributed by atoms with van der Waals surface area (Å²) in [6.07, 6.45) is 1.32. The first-order chi connectivity index (χ1) is 9.81. The minimum absolute atomic E-state index is 0.117. The van der Waals surface area contributed by atoms with Gasteiger partial charge in [-0.2, -0.15) is 0 Å². The van der Waals surface area contributed by atoms with E-state index in [9.17, 15) is 17.6 Å². The van der Waals surface area contributed by atoms with E-state index in [4.69, 9.17) is 4.42 Å². The Morgan fingerprint density at radius 3 is 2.52 bits per heavy atom. The highest BCUT2D eigenvalue weighted by Gasteiger charge is 2.19. The Morgan fingerprint density at radius 2 is 1.95 bits per heavy atom. The number of hydrogen-bond donors (Lipinski definition) is 2. The van der Waals surface area contributed by atoms with Gasteiger partial charge < -0.3 is 4.42 Å². The SMILES string of the molecule is Cc1cc(F)ccc1S(=O)(=O)NNC(=O)c1ccoc1C. The number of amides is 1. The van der Waals surface area contributed by atoms with Gasteiger partial charge in [-0.3, -0.25) is 10.2 Å². The number of hydrazine groups is 1. The maximum absolute atomic E-state index is 13.0. The van der Waals surface area contributed by atoms with Gasteiger partial charge in [-0.05, 0) is 43.7 Å². The summed E-state index contributed by atoms with van der Waals surface area (Å²) in [6, 6.07) is 4.67. The largest absolute Gasteiger partial charge is 0.469 e. The fourth-order valence-electron chi connectivity index (χ4n) is 1.77. The number of rotatable bonds is 4. The van der Waals surface area contributed by atoms with Crippen molar-refractivity contribution in [3.63, 3.8) is 0 Å². The van der Waals surface area contributed by atoms with E-state index in [0.717, 1.165) is 18.2 Å². The number of nitrogens with one attached hydrogen (secondary N) is 2. The quantitative estimate of drug-likeness (QED) is 0.840. The summed E-state index contributed by atoms with van der Waals surface area (Å²) >= 11 is 0. The summed E-state index contributed by atoms with van der Waals surface area (Å²) in [5, 5.41) is 0. The molecule has 0 unspecified atom stereocenters. The summed E-state index contributed by atoms with van der Waals surface area (Å²) in [6.45, 7) is 3.03. The molecule has 2 aromatic rings. The Bertz CT molecular complexity index is 783. The molecule has 0 aliphatic carbocycles. The van der Waals surface area contributed by atoms with Gasteiger partial charge in [0.25, 0.3) is 15.9 Å². The third kappa shape index (κ3) is 3.29. The lowest BCUT2D eigenvalue weighted by Gasteiger charge is -2.10. The van der Waals surface area contributed by atoms with Gasteiger partial charge in [0.05, 0.1) is 16.7 Å². The van der Waals surface area contributed by atoms with Crippen LogP contribution in [0.4, 0.5) is 4.39 Å². The molecule has 6 nitrogen and oxygen atoms in total. The Morgan fingerprint density at radius 1 is 1.24 bits per heavy atom. The lowest BCUT2D eigenvalue weighted by molar-refractivity contribution is 0.0943. The molecule has 0 spiro atoms. The number of sulfonamides is 1. The van der Waals surface area contributed by atoms with Crippen LogP contribution in [0.2, 0.25) is 0 Å². The molecule has 1 aromatic heterocycles. The van der Waals surface area contributed by atoms with E-state index >= 15 is 0 Å². The fourth-order valence-corrected chi connectivity index (χ4v) is 2.84. The average Bonchev–Trinajstić information content (AvgIpc) is 2.82. The van der Waals surface area contributed by atoms with Crippen molar-refractivity contribution in [3.8, 4) is 0 Å². The van der Waals surface area contributed by atoms with Crippen LogP contribution in [0.5, 0.6) is 0 Å². The molecule has 0 saturated heterocycles. The highest BCUT2D eigenvalue weighted by molar-refractivity contribution is 7.89.